The molecule has 1 aliphatic carbocycles. The van der Waals surface area contributed by atoms with E-state index in [2.05, 4.69) is 16.0 Å². The third-order valence-electron chi connectivity index (χ3n) is 2.90. The van der Waals surface area contributed by atoms with Crippen LogP contribution in [-0.2, 0) is 0 Å². The summed E-state index contributed by atoms with van der Waals surface area (Å²) in [7, 11) is 0. The molecule has 1 saturated carbocycles. The van der Waals surface area contributed by atoms with Crippen LogP contribution in [0.4, 0.5) is 9.18 Å². The number of rotatable bonds is 3. The van der Waals surface area contributed by atoms with Gasteiger partial charge in [0.1, 0.15) is 5.67 Å². The van der Waals surface area contributed by atoms with Crippen molar-refractivity contribution < 1.29 is 9.18 Å². The number of piperidine rings is 1. The molecule has 2 aliphatic rings. The van der Waals surface area contributed by atoms with Crippen LogP contribution in [0.15, 0.2) is 0 Å². The summed E-state index contributed by atoms with van der Waals surface area (Å²) in [6.45, 7) is 1.33. The van der Waals surface area contributed by atoms with Crippen LogP contribution in [0.2, 0.25) is 0 Å². The molecule has 15 heavy (non-hydrogen) atoms. The van der Waals surface area contributed by atoms with Gasteiger partial charge in [-0.3, -0.25) is 0 Å². The van der Waals surface area contributed by atoms with Gasteiger partial charge in [-0.1, -0.05) is 0 Å². The van der Waals surface area contributed by atoms with Gasteiger partial charge in [0.05, 0.1) is 6.54 Å². The Labute approximate surface area is 89.0 Å². The Balaban J connectivity index is 1.68. The minimum atomic E-state index is -1.26. The molecular formula is C10H18FN3O. The van der Waals surface area contributed by atoms with Crippen molar-refractivity contribution >= 4 is 6.03 Å². The minimum Gasteiger partial charge on any atom is -0.335 e. The molecule has 1 aliphatic heterocycles. The Kier molecular flexibility index (Phi) is 3.09. The summed E-state index contributed by atoms with van der Waals surface area (Å²) in [5.74, 6) is 0. The molecule has 86 valence electrons. The van der Waals surface area contributed by atoms with Crippen molar-refractivity contribution in [2.45, 2.75) is 37.4 Å². The summed E-state index contributed by atoms with van der Waals surface area (Å²) in [6, 6.07) is 0.0881. The molecule has 1 unspecified atom stereocenters. The first-order valence-corrected chi connectivity index (χ1v) is 5.62. The Morgan fingerprint density at radius 3 is 2.93 bits per heavy atom. The van der Waals surface area contributed by atoms with Crippen LogP contribution in [-0.4, -0.2) is 37.4 Å². The highest BCUT2D eigenvalue weighted by molar-refractivity contribution is 5.74. The van der Waals surface area contributed by atoms with Crippen molar-refractivity contribution in [3.8, 4) is 0 Å². The van der Waals surface area contributed by atoms with Gasteiger partial charge in [0.2, 0.25) is 0 Å². The summed E-state index contributed by atoms with van der Waals surface area (Å²) >= 11 is 0. The van der Waals surface area contributed by atoms with Gasteiger partial charge in [0, 0.05) is 12.6 Å². The predicted molar refractivity (Wildman–Crippen MR) is 55.5 cm³/mol. The van der Waals surface area contributed by atoms with E-state index in [1.54, 1.807) is 0 Å². The quantitative estimate of drug-likeness (QED) is 0.643. The highest BCUT2D eigenvalue weighted by atomic mass is 19.1. The number of halogens is 1. The van der Waals surface area contributed by atoms with Gasteiger partial charge in [0.25, 0.3) is 0 Å². The van der Waals surface area contributed by atoms with Crippen molar-refractivity contribution in [3.05, 3.63) is 0 Å². The minimum absolute atomic E-state index is 0.110. The summed E-state index contributed by atoms with van der Waals surface area (Å²) < 4.78 is 14.0. The standard InChI is InChI=1S/C10H18FN3O/c11-10(4-1-5-12-6-10)7-13-9(15)14-8-2-3-8/h8,12H,1-7H2,(H2,13,14,15). The SMILES string of the molecule is O=C(NCC1(F)CCCNC1)NC1CC1. The molecule has 3 N–H and O–H groups in total. The number of alkyl halides is 1. The van der Waals surface area contributed by atoms with Crippen LogP contribution in [0.5, 0.6) is 0 Å². The van der Waals surface area contributed by atoms with Crippen LogP contribution in [0, 0.1) is 0 Å². The molecule has 4 nitrogen and oxygen atoms in total. The second-order valence-electron chi connectivity index (χ2n) is 4.53. The van der Waals surface area contributed by atoms with Crippen LogP contribution in [0.25, 0.3) is 0 Å². The van der Waals surface area contributed by atoms with Crippen LogP contribution in [0.1, 0.15) is 25.7 Å². The van der Waals surface area contributed by atoms with E-state index < -0.39 is 5.67 Å². The first kappa shape index (κ1) is 10.7. The topological polar surface area (TPSA) is 53.2 Å². The number of hydrogen-bond donors (Lipinski definition) is 3. The molecule has 0 aromatic heterocycles. The maximum atomic E-state index is 14.0. The van der Waals surface area contributed by atoms with Crippen molar-refractivity contribution in [2.75, 3.05) is 19.6 Å². The van der Waals surface area contributed by atoms with Crippen molar-refractivity contribution in [1.29, 1.82) is 0 Å². The first-order chi connectivity index (χ1) is 7.18. The highest BCUT2D eigenvalue weighted by Gasteiger charge is 2.32. The average molecular weight is 215 g/mol. The lowest BCUT2D eigenvalue weighted by molar-refractivity contribution is 0.122. The van der Waals surface area contributed by atoms with E-state index in [0.29, 0.717) is 19.0 Å². The van der Waals surface area contributed by atoms with Gasteiger partial charge in [-0.15, -0.1) is 0 Å². The summed E-state index contributed by atoms with van der Waals surface area (Å²) in [4.78, 5) is 11.3. The molecule has 0 radical (unpaired) electrons. The smallest absolute Gasteiger partial charge is 0.315 e. The van der Waals surface area contributed by atoms with E-state index >= 15 is 0 Å². The van der Waals surface area contributed by atoms with E-state index in [4.69, 9.17) is 0 Å². The molecule has 1 heterocycles. The molecule has 2 amide bonds. The molecule has 1 saturated heterocycles. The second kappa shape index (κ2) is 4.35. The molecule has 5 heteroatoms. The Hall–Kier alpha value is -0.840. The molecule has 0 aromatic carbocycles. The maximum absolute atomic E-state index is 14.0. The Morgan fingerprint density at radius 1 is 1.53 bits per heavy atom. The molecule has 2 rings (SSSR count). The molecule has 2 fully saturated rings. The molecular weight excluding hydrogens is 197 g/mol. The van der Waals surface area contributed by atoms with Gasteiger partial charge in [-0.25, -0.2) is 9.18 Å². The third-order valence-corrected chi connectivity index (χ3v) is 2.90. The van der Waals surface area contributed by atoms with Crippen LogP contribution >= 0.6 is 0 Å². The number of nitrogens with one attached hydrogen (secondary N) is 3. The Bertz CT molecular complexity index is 237. The zero-order chi connectivity index (χ0) is 10.7. The number of hydrogen-bond acceptors (Lipinski definition) is 2. The highest BCUT2D eigenvalue weighted by Crippen LogP contribution is 2.20. The zero-order valence-electron chi connectivity index (χ0n) is 8.81. The van der Waals surface area contributed by atoms with E-state index in [1.807, 2.05) is 0 Å². The Morgan fingerprint density at radius 2 is 2.33 bits per heavy atom. The number of carbonyl (C=O) groups excluding carboxylic acids is 1. The molecule has 0 aromatic rings. The number of carbonyl (C=O) groups is 1. The summed E-state index contributed by atoms with van der Waals surface area (Å²) in [5.41, 5.74) is -1.26. The van der Waals surface area contributed by atoms with E-state index in [1.165, 1.54) is 0 Å². The van der Waals surface area contributed by atoms with Crippen molar-refractivity contribution in [2.24, 2.45) is 0 Å². The predicted octanol–water partition coefficient (Wildman–Crippen LogP) is 0.540. The van der Waals surface area contributed by atoms with Crippen LogP contribution in [0.3, 0.4) is 0 Å². The van der Waals surface area contributed by atoms with Crippen molar-refractivity contribution in [1.82, 2.24) is 16.0 Å². The first-order valence-electron chi connectivity index (χ1n) is 5.62. The van der Waals surface area contributed by atoms with Gasteiger partial charge >= 0.3 is 6.03 Å². The fraction of sp³-hybridized carbons (Fsp3) is 0.900. The average Bonchev–Trinajstić information content (AvgIpc) is 3.00. The lowest BCUT2D eigenvalue weighted by Crippen LogP contribution is -2.51. The largest absolute Gasteiger partial charge is 0.335 e. The maximum Gasteiger partial charge on any atom is 0.315 e. The molecule has 0 spiro atoms. The van der Waals surface area contributed by atoms with E-state index in [-0.39, 0.29) is 12.6 Å². The van der Waals surface area contributed by atoms with Gasteiger partial charge in [0.15, 0.2) is 0 Å². The summed E-state index contributed by atoms with van der Waals surface area (Å²) in [5, 5.41) is 8.38. The van der Waals surface area contributed by atoms with E-state index in [0.717, 1.165) is 25.8 Å². The lowest BCUT2D eigenvalue weighted by Gasteiger charge is -2.30. The van der Waals surface area contributed by atoms with Crippen molar-refractivity contribution in [3.63, 3.8) is 0 Å². The van der Waals surface area contributed by atoms with Gasteiger partial charge in [-0.05, 0) is 32.2 Å². The monoisotopic (exact) mass is 215 g/mol. The van der Waals surface area contributed by atoms with Gasteiger partial charge < -0.3 is 16.0 Å². The fourth-order valence-electron chi connectivity index (χ4n) is 1.78. The normalized spacial score (nSPS) is 31.0. The third kappa shape index (κ3) is 3.34. The number of amides is 2. The fourth-order valence-corrected chi connectivity index (χ4v) is 1.78. The molecule has 1 atom stereocenters. The van der Waals surface area contributed by atoms with E-state index in [9.17, 15) is 9.18 Å². The second-order valence-corrected chi connectivity index (χ2v) is 4.53. The van der Waals surface area contributed by atoms with Crippen LogP contribution < -0.4 is 16.0 Å². The molecule has 0 bridgehead atoms. The number of urea groups is 1. The lowest BCUT2D eigenvalue weighted by atomic mass is 9.96. The zero-order valence-corrected chi connectivity index (χ0v) is 8.81. The van der Waals surface area contributed by atoms with Gasteiger partial charge in [-0.2, -0.15) is 0 Å². The summed E-state index contributed by atoms with van der Waals surface area (Å²) in [6.07, 6.45) is 3.47.